The van der Waals surface area contributed by atoms with Crippen LogP contribution in [-0.4, -0.2) is 24.0 Å². The first-order valence-corrected chi connectivity index (χ1v) is 6.61. The minimum absolute atomic E-state index is 0.196. The number of carbonyl (C=O) groups excluding carboxylic acids is 1. The van der Waals surface area contributed by atoms with E-state index in [4.69, 9.17) is 5.73 Å². The van der Waals surface area contributed by atoms with Crippen LogP contribution in [0.5, 0.6) is 0 Å². The van der Waals surface area contributed by atoms with E-state index in [1.807, 2.05) is 0 Å². The van der Waals surface area contributed by atoms with Gasteiger partial charge in [0.2, 0.25) is 5.91 Å². The monoisotopic (exact) mass is 306 g/mol. The topological polar surface area (TPSA) is 55.1 Å². The van der Waals surface area contributed by atoms with E-state index in [2.05, 4.69) is 21.2 Å². The van der Waals surface area contributed by atoms with Crippen LogP contribution in [0.4, 0.5) is 10.1 Å². The maximum Gasteiger partial charge on any atom is 0.234 e. The molecule has 0 spiro atoms. The highest BCUT2D eigenvalue weighted by atomic mass is 79.9. The number of anilines is 1. The van der Waals surface area contributed by atoms with Gasteiger partial charge in [0, 0.05) is 16.8 Å². The molecule has 0 aliphatic heterocycles. The number of halogens is 2. The zero-order chi connectivity index (χ0) is 12.0. The number of nitrogens with two attached hydrogens (primary N) is 1. The van der Waals surface area contributed by atoms with Crippen LogP contribution in [0.1, 0.15) is 0 Å². The fourth-order valence-electron chi connectivity index (χ4n) is 1.03. The maximum absolute atomic E-state index is 13.3. The zero-order valence-corrected chi connectivity index (χ0v) is 10.9. The fraction of sp³-hybridized carbons (Fsp3) is 0.300. The largest absolute Gasteiger partial charge is 0.330 e. The molecule has 0 bridgehead atoms. The molecule has 0 fully saturated rings. The van der Waals surface area contributed by atoms with Crippen LogP contribution in [0, 0.1) is 5.82 Å². The molecule has 0 aliphatic carbocycles. The summed E-state index contributed by atoms with van der Waals surface area (Å²) < 4.78 is 14.0. The Morgan fingerprint density at radius 1 is 1.56 bits per heavy atom. The second kappa shape index (κ2) is 6.88. The smallest absolute Gasteiger partial charge is 0.234 e. The van der Waals surface area contributed by atoms with Crippen LogP contribution in [-0.2, 0) is 4.79 Å². The first kappa shape index (κ1) is 13.5. The predicted molar refractivity (Wildman–Crippen MR) is 69.1 cm³/mol. The minimum atomic E-state index is -0.452. The molecule has 16 heavy (non-hydrogen) atoms. The first-order chi connectivity index (χ1) is 7.63. The van der Waals surface area contributed by atoms with Crippen LogP contribution in [0.15, 0.2) is 22.7 Å². The number of nitrogens with one attached hydrogen (secondary N) is 1. The molecular weight excluding hydrogens is 295 g/mol. The van der Waals surface area contributed by atoms with Gasteiger partial charge in [-0.2, -0.15) is 11.8 Å². The van der Waals surface area contributed by atoms with Gasteiger partial charge in [-0.05, 0) is 18.2 Å². The van der Waals surface area contributed by atoms with Crippen molar-refractivity contribution in [3.63, 3.8) is 0 Å². The summed E-state index contributed by atoms with van der Waals surface area (Å²) in [6.07, 6.45) is 0. The molecule has 1 aromatic carbocycles. The molecule has 0 atom stereocenters. The third-order valence-corrected chi connectivity index (χ3v) is 3.18. The van der Waals surface area contributed by atoms with Crippen molar-refractivity contribution in [2.75, 3.05) is 23.4 Å². The van der Waals surface area contributed by atoms with Gasteiger partial charge in [0.25, 0.3) is 0 Å². The molecule has 0 aromatic heterocycles. The third-order valence-electron chi connectivity index (χ3n) is 1.70. The quantitative estimate of drug-likeness (QED) is 0.820. The lowest BCUT2D eigenvalue weighted by molar-refractivity contribution is -0.113. The van der Waals surface area contributed by atoms with Gasteiger partial charge in [0.1, 0.15) is 5.82 Å². The zero-order valence-electron chi connectivity index (χ0n) is 8.50. The summed E-state index contributed by atoms with van der Waals surface area (Å²) in [5.74, 6) is 0.328. The van der Waals surface area contributed by atoms with E-state index in [9.17, 15) is 9.18 Å². The molecule has 88 valence electrons. The Bertz CT molecular complexity index is 376. The summed E-state index contributed by atoms with van der Waals surface area (Å²) in [5.41, 5.74) is 5.49. The summed E-state index contributed by atoms with van der Waals surface area (Å²) in [5, 5.41) is 2.50. The van der Waals surface area contributed by atoms with Gasteiger partial charge in [0.05, 0.1) is 11.4 Å². The number of rotatable bonds is 5. The molecule has 0 aliphatic rings. The van der Waals surface area contributed by atoms with E-state index >= 15 is 0 Å². The molecule has 1 aromatic rings. The van der Waals surface area contributed by atoms with Crippen molar-refractivity contribution in [3.8, 4) is 0 Å². The second-order valence-corrected chi connectivity index (χ2v) is 5.03. The number of carbonyl (C=O) groups is 1. The maximum atomic E-state index is 13.3. The summed E-state index contributed by atoms with van der Waals surface area (Å²) in [6, 6.07) is 4.50. The fourth-order valence-corrected chi connectivity index (χ4v) is 1.93. The summed E-state index contributed by atoms with van der Waals surface area (Å²) in [4.78, 5) is 11.4. The molecule has 1 amide bonds. The van der Waals surface area contributed by atoms with Crippen LogP contribution in [0.25, 0.3) is 0 Å². The van der Waals surface area contributed by atoms with E-state index in [0.717, 1.165) is 5.75 Å². The molecule has 0 radical (unpaired) electrons. The molecule has 1 rings (SSSR count). The highest BCUT2D eigenvalue weighted by Gasteiger charge is 2.06. The van der Waals surface area contributed by atoms with Crippen molar-refractivity contribution in [2.45, 2.75) is 0 Å². The highest BCUT2D eigenvalue weighted by Crippen LogP contribution is 2.19. The Morgan fingerprint density at radius 3 is 2.94 bits per heavy atom. The summed E-state index contributed by atoms with van der Waals surface area (Å²) in [7, 11) is 0. The van der Waals surface area contributed by atoms with Crippen molar-refractivity contribution in [2.24, 2.45) is 5.73 Å². The number of amides is 1. The van der Waals surface area contributed by atoms with Gasteiger partial charge >= 0.3 is 0 Å². The van der Waals surface area contributed by atoms with Gasteiger partial charge in [-0.3, -0.25) is 4.79 Å². The normalized spacial score (nSPS) is 10.2. The number of thioether (sulfide) groups is 1. The molecule has 0 saturated carbocycles. The lowest BCUT2D eigenvalue weighted by atomic mass is 10.3. The van der Waals surface area contributed by atoms with Crippen LogP contribution >= 0.6 is 27.7 Å². The molecule has 6 heteroatoms. The van der Waals surface area contributed by atoms with Gasteiger partial charge in [-0.15, -0.1) is 0 Å². The van der Waals surface area contributed by atoms with Gasteiger partial charge in [-0.25, -0.2) is 4.39 Å². The number of benzene rings is 1. The molecule has 3 nitrogen and oxygen atoms in total. The van der Waals surface area contributed by atoms with Crippen molar-refractivity contribution >= 4 is 39.3 Å². The predicted octanol–water partition coefficient (Wildman–Crippen LogP) is 2.22. The van der Waals surface area contributed by atoms with Crippen molar-refractivity contribution in [1.82, 2.24) is 0 Å². The molecule has 0 saturated heterocycles. The Hall–Kier alpha value is -0.590. The van der Waals surface area contributed by atoms with Gasteiger partial charge < -0.3 is 11.1 Å². The van der Waals surface area contributed by atoms with E-state index in [0.29, 0.717) is 11.0 Å². The Balaban J connectivity index is 2.49. The average molecular weight is 307 g/mol. The van der Waals surface area contributed by atoms with Crippen molar-refractivity contribution < 1.29 is 9.18 Å². The summed E-state index contributed by atoms with van der Waals surface area (Å²) in [6.45, 7) is 0.532. The Kier molecular flexibility index (Phi) is 5.79. The third kappa shape index (κ3) is 4.51. The lowest BCUT2D eigenvalue weighted by Crippen LogP contribution is -2.16. The van der Waals surface area contributed by atoms with E-state index in [1.54, 1.807) is 6.07 Å². The van der Waals surface area contributed by atoms with E-state index in [1.165, 1.54) is 23.9 Å². The van der Waals surface area contributed by atoms with Crippen molar-refractivity contribution in [3.05, 3.63) is 28.5 Å². The standard InChI is InChI=1S/C10H12BrFN2OS/c11-7-1-2-9(8(12)5-7)14-10(15)6-16-4-3-13/h1-2,5H,3-4,6,13H2,(H,14,15). The summed E-state index contributed by atoms with van der Waals surface area (Å²) >= 11 is 4.56. The average Bonchev–Trinajstić information content (AvgIpc) is 2.23. The molecular formula is C10H12BrFN2OS. The number of hydrogen-bond acceptors (Lipinski definition) is 3. The Labute approximate surface area is 106 Å². The van der Waals surface area contributed by atoms with Gasteiger partial charge in [-0.1, -0.05) is 15.9 Å². The van der Waals surface area contributed by atoms with Crippen LogP contribution in [0.2, 0.25) is 0 Å². The van der Waals surface area contributed by atoms with Gasteiger partial charge in [0.15, 0.2) is 0 Å². The lowest BCUT2D eigenvalue weighted by Gasteiger charge is -2.06. The van der Waals surface area contributed by atoms with Crippen LogP contribution in [0.3, 0.4) is 0 Å². The van der Waals surface area contributed by atoms with E-state index < -0.39 is 5.82 Å². The molecule has 3 N–H and O–H groups in total. The molecule has 0 heterocycles. The highest BCUT2D eigenvalue weighted by molar-refractivity contribution is 9.10. The second-order valence-electron chi connectivity index (χ2n) is 3.01. The Morgan fingerprint density at radius 2 is 2.31 bits per heavy atom. The minimum Gasteiger partial charge on any atom is -0.330 e. The SMILES string of the molecule is NCCSCC(=O)Nc1ccc(Br)cc1F. The van der Waals surface area contributed by atoms with Crippen molar-refractivity contribution in [1.29, 1.82) is 0 Å². The van der Waals surface area contributed by atoms with Crippen LogP contribution < -0.4 is 11.1 Å². The number of hydrogen-bond donors (Lipinski definition) is 2. The van der Waals surface area contributed by atoms with E-state index in [-0.39, 0.29) is 17.3 Å². The molecule has 0 unspecified atom stereocenters. The first-order valence-electron chi connectivity index (χ1n) is 4.66.